The summed E-state index contributed by atoms with van der Waals surface area (Å²) < 4.78 is 0. The Hall–Kier alpha value is -0.480. The predicted molar refractivity (Wildman–Crippen MR) is 53.3 cm³/mol. The zero-order valence-electron chi connectivity index (χ0n) is 8.60. The maximum absolute atomic E-state index is 10.4. The number of hydrogen-bond acceptors (Lipinski definition) is 4. The van der Waals surface area contributed by atoms with Gasteiger partial charge in [-0.1, -0.05) is 32.4 Å². The molecule has 0 aliphatic heterocycles. The summed E-state index contributed by atoms with van der Waals surface area (Å²) in [6.07, 6.45) is 0.801. The summed E-state index contributed by atoms with van der Waals surface area (Å²) in [4.78, 5) is 10.4. The molecule has 0 saturated carbocycles. The molecule has 3 N–H and O–H groups in total. The van der Waals surface area contributed by atoms with Crippen LogP contribution in [0.15, 0.2) is 5.18 Å². The Morgan fingerprint density at radius 3 is 2.23 bits per heavy atom. The van der Waals surface area contributed by atoms with E-state index in [1.54, 1.807) is 0 Å². The van der Waals surface area contributed by atoms with Crippen LogP contribution in [-0.4, -0.2) is 23.3 Å². The third-order valence-corrected chi connectivity index (χ3v) is 2.62. The maximum atomic E-state index is 10.4. The van der Waals surface area contributed by atoms with E-state index in [-0.39, 0.29) is 5.92 Å². The largest absolute Gasteiger partial charge is 0.391 e. The molecule has 0 rings (SSSR count). The third kappa shape index (κ3) is 3.40. The zero-order valence-corrected chi connectivity index (χ0v) is 8.60. The first-order valence-electron chi connectivity index (χ1n) is 4.84. The number of nitroso groups, excluding NO2 is 1. The lowest BCUT2D eigenvalue weighted by Gasteiger charge is -2.26. The van der Waals surface area contributed by atoms with Gasteiger partial charge in [0.25, 0.3) is 0 Å². The number of rotatable bonds is 6. The van der Waals surface area contributed by atoms with Gasteiger partial charge in [0.05, 0.1) is 12.1 Å². The molecule has 0 aliphatic rings. The van der Waals surface area contributed by atoms with Crippen LogP contribution in [0.3, 0.4) is 0 Å². The van der Waals surface area contributed by atoms with Crippen LogP contribution in [0.25, 0.3) is 0 Å². The summed E-state index contributed by atoms with van der Waals surface area (Å²) in [7, 11) is 0. The molecule has 0 spiro atoms. The van der Waals surface area contributed by atoms with E-state index in [0.29, 0.717) is 6.42 Å². The summed E-state index contributed by atoms with van der Waals surface area (Å²) in [6, 6.07) is -0.999. The molecular formula is C9H20N2O2. The third-order valence-electron chi connectivity index (χ3n) is 2.62. The summed E-state index contributed by atoms with van der Waals surface area (Å²) in [5.74, 6) is 0.116. The Kier molecular flexibility index (Phi) is 5.82. The average molecular weight is 188 g/mol. The Morgan fingerprint density at radius 2 is 1.92 bits per heavy atom. The van der Waals surface area contributed by atoms with Gasteiger partial charge in [-0.15, -0.1) is 0 Å². The number of hydrogen-bond donors (Lipinski definition) is 2. The molecule has 0 saturated heterocycles. The fourth-order valence-electron chi connectivity index (χ4n) is 1.27. The molecular weight excluding hydrogens is 168 g/mol. The average Bonchev–Trinajstić information content (AvgIpc) is 2.17. The van der Waals surface area contributed by atoms with Gasteiger partial charge in [0.15, 0.2) is 0 Å². The number of aliphatic hydroxyl groups is 1. The molecule has 0 aromatic rings. The first-order chi connectivity index (χ1) is 6.08. The van der Waals surface area contributed by atoms with Crippen molar-refractivity contribution in [3.63, 3.8) is 0 Å². The highest BCUT2D eigenvalue weighted by Gasteiger charge is 2.27. The minimum Gasteiger partial charge on any atom is -0.391 e. The standard InChI is InChI=1S/C9H20N2O2/c1-4-6(3)9(12)8(10)7(5-2)11-13/h6-9,12H,4-5,10H2,1-3H3. The van der Waals surface area contributed by atoms with Crippen LogP contribution in [0.2, 0.25) is 0 Å². The molecule has 4 nitrogen and oxygen atoms in total. The Morgan fingerprint density at radius 1 is 1.38 bits per heavy atom. The second-order valence-electron chi connectivity index (χ2n) is 3.53. The quantitative estimate of drug-likeness (QED) is 0.616. The van der Waals surface area contributed by atoms with Gasteiger partial charge in [0, 0.05) is 0 Å². The van der Waals surface area contributed by atoms with Crippen molar-refractivity contribution in [1.29, 1.82) is 0 Å². The van der Waals surface area contributed by atoms with Crippen molar-refractivity contribution in [3.8, 4) is 0 Å². The molecule has 0 fully saturated rings. The highest BCUT2D eigenvalue weighted by Crippen LogP contribution is 2.15. The van der Waals surface area contributed by atoms with Crippen LogP contribution >= 0.6 is 0 Å². The molecule has 0 aliphatic carbocycles. The van der Waals surface area contributed by atoms with Gasteiger partial charge in [-0.3, -0.25) is 0 Å². The molecule has 0 heterocycles. The molecule has 0 aromatic heterocycles. The number of nitrogens with zero attached hydrogens (tertiary/aromatic N) is 1. The van der Waals surface area contributed by atoms with Crippen molar-refractivity contribution in [1.82, 2.24) is 0 Å². The van der Waals surface area contributed by atoms with Gasteiger partial charge < -0.3 is 10.8 Å². The highest BCUT2D eigenvalue weighted by atomic mass is 16.3. The molecule has 4 heteroatoms. The van der Waals surface area contributed by atoms with E-state index >= 15 is 0 Å². The van der Waals surface area contributed by atoms with Crippen LogP contribution in [0, 0.1) is 10.8 Å². The topological polar surface area (TPSA) is 75.7 Å². The van der Waals surface area contributed by atoms with Crippen molar-refractivity contribution in [2.45, 2.75) is 51.8 Å². The lowest BCUT2D eigenvalue weighted by atomic mass is 9.91. The molecule has 0 radical (unpaired) electrons. The molecule has 78 valence electrons. The second kappa shape index (κ2) is 6.05. The van der Waals surface area contributed by atoms with Crippen molar-refractivity contribution in [2.24, 2.45) is 16.8 Å². The number of nitrogens with two attached hydrogens (primary N) is 1. The fourth-order valence-corrected chi connectivity index (χ4v) is 1.27. The van der Waals surface area contributed by atoms with Gasteiger partial charge in [0.1, 0.15) is 6.04 Å². The van der Waals surface area contributed by atoms with E-state index in [0.717, 1.165) is 6.42 Å². The second-order valence-corrected chi connectivity index (χ2v) is 3.53. The minimum atomic E-state index is -0.632. The normalized spacial score (nSPS) is 20.4. The SMILES string of the molecule is CCC(C)C(O)C(N)C(CC)N=O. The van der Waals surface area contributed by atoms with Crippen molar-refractivity contribution < 1.29 is 5.11 Å². The highest BCUT2D eigenvalue weighted by molar-refractivity contribution is 4.86. The van der Waals surface area contributed by atoms with Gasteiger partial charge in [-0.2, -0.15) is 4.91 Å². The van der Waals surface area contributed by atoms with Gasteiger partial charge in [-0.05, 0) is 12.3 Å². The van der Waals surface area contributed by atoms with Gasteiger partial charge in [0.2, 0.25) is 0 Å². The number of aliphatic hydroxyl groups excluding tert-OH is 1. The minimum absolute atomic E-state index is 0.116. The van der Waals surface area contributed by atoms with Crippen LogP contribution in [0.4, 0.5) is 0 Å². The molecule has 4 unspecified atom stereocenters. The van der Waals surface area contributed by atoms with E-state index in [2.05, 4.69) is 5.18 Å². The molecule has 0 bridgehead atoms. The zero-order chi connectivity index (χ0) is 10.4. The lowest BCUT2D eigenvalue weighted by Crippen LogP contribution is -2.46. The first kappa shape index (κ1) is 12.5. The van der Waals surface area contributed by atoms with Crippen molar-refractivity contribution >= 4 is 0 Å². The van der Waals surface area contributed by atoms with Crippen molar-refractivity contribution in [3.05, 3.63) is 4.91 Å². The van der Waals surface area contributed by atoms with E-state index in [4.69, 9.17) is 5.73 Å². The van der Waals surface area contributed by atoms with Crippen LogP contribution in [-0.2, 0) is 0 Å². The van der Waals surface area contributed by atoms with Gasteiger partial charge in [-0.25, -0.2) is 0 Å². The summed E-state index contributed by atoms with van der Waals surface area (Å²) in [5, 5.41) is 12.6. The molecule has 0 amide bonds. The Bertz CT molecular complexity index is 153. The van der Waals surface area contributed by atoms with Crippen LogP contribution < -0.4 is 5.73 Å². The Balaban J connectivity index is 4.21. The molecule has 4 atom stereocenters. The molecule has 13 heavy (non-hydrogen) atoms. The maximum Gasteiger partial charge on any atom is 0.109 e. The monoisotopic (exact) mass is 188 g/mol. The fraction of sp³-hybridized carbons (Fsp3) is 1.00. The summed E-state index contributed by atoms with van der Waals surface area (Å²) in [5.41, 5.74) is 5.72. The lowest BCUT2D eigenvalue weighted by molar-refractivity contribution is 0.0785. The van der Waals surface area contributed by atoms with Crippen LogP contribution in [0.1, 0.15) is 33.6 Å². The van der Waals surface area contributed by atoms with Gasteiger partial charge >= 0.3 is 0 Å². The van der Waals surface area contributed by atoms with E-state index in [1.165, 1.54) is 0 Å². The van der Waals surface area contributed by atoms with E-state index in [1.807, 2.05) is 20.8 Å². The smallest absolute Gasteiger partial charge is 0.109 e. The van der Waals surface area contributed by atoms with Crippen molar-refractivity contribution in [2.75, 3.05) is 0 Å². The van der Waals surface area contributed by atoms with Crippen LogP contribution in [0.5, 0.6) is 0 Å². The predicted octanol–water partition coefficient (Wildman–Crippen LogP) is 1.27. The Labute approximate surface area is 79.5 Å². The van der Waals surface area contributed by atoms with E-state index in [9.17, 15) is 10.0 Å². The van der Waals surface area contributed by atoms with E-state index < -0.39 is 18.2 Å². The summed E-state index contributed by atoms with van der Waals surface area (Å²) in [6.45, 7) is 5.74. The first-order valence-corrected chi connectivity index (χ1v) is 4.84. The molecule has 0 aromatic carbocycles. The summed E-state index contributed by atoms with van der Waals surface area (Å²) >= 11 is 0.